The number of nitrogens with zero attached hydrogens (tertiary/aromatic N) is 2. The SMILES string of the molecule is Cn1nc(C(=O)O)c(C(C)(C)C)c1N. The highest BCUT2D eigenvalue weighted by Crippen LogP contribution is 2.30. The zero-order chi connectivity index (χ0) is 11.1. The number of nitrogens with two attached hydrogens (primary N) is 1. The molecular weight excluding hydrogens is 182 g/mol. The fraction of sp³-hybridized carbons (Fsp3) is 0.556. The van der Waals surface area contributed by atoms with E-state index in [1.54, 1.807) is 7.05 Å². The van der Waals surface area contributed by atoms with Crippen molar-refractivity contribution in [2.75, 3.05) is 5.73 Å². The van der Waals surface area contributed by atoms with E-state index in [1.807, 2.05) is 20.8 Å². The van der Waals surface area contributed by atoms with E-state index < -0.39 is 5.97 Å². The average molecular weight is 197 g/mol. The summed E-state index contributed by atoms with van der Waals surface area (Å²) in [5, 5.41) is 12.8. The quantitative estimate of drug-likeness (QED) is 0.703. The van der Waals surface area contributed by atoms with E-state index in [9.17, 15) is 4.79 Å². The summed E-state index contributed by atoms with van der Waals surface area (Å²) in [4.78, 5) is 10.9. The number of nitrogen functional groups attached to an aromatic ring is 1. The number of carboxylic acid groups (broad SMARTS) is 1. The van der Waals surface area contributed by atoms with E-state index in [2.05, 4.69) is 5.10 Å². The van der Waals surface area contributed by atoms with Gasteiger partial charge < -0.3 is 10.8 Å². The molecule has 1 aromatic heterocycles. The smallest absolute Gasteiger partial charge is 0.356 e. The maximum absolute atomic E-state index is 10.9. The van der Waals surface area contributed by atoms with Gasteiger partial charge >= 0.3 is 5.97 Å². The molecule has 0 aliphatic heterocycles. The molecule has 0 radical (unpaired) electrons. The maximum Gasteiger partial charge on any atom is 0.356 e. The normalized spacial score (nSPS) is 11.7. The Morgan fingerprint density at radius 1 is 1.50 bits per heavy atom. The Hall–Kier alpha value is -1.52. The van der Waals surface area contributed by atoms with Crippen molar-refractivity contribution in [2.24, 2.45) is 7.05 Å². The lowest BCUT2D eigenvalue weighted by Gasteiger charge is -2.18. The molecule has 3 N–H and O–H groups in total. The fourth-order valence-electron chi connectivity index (χ4n) is 1.43. The molecule has 0 aliphatic carbocycles. The molecule has 1 aromatic rings. The zero-order valence-electron chi connectivity index (χ0n) is 8.83. The van der Waals surface area contributed by atoms with E-state index >= 15 is 0 Å². The fourth-order valence-corrected chi connectivity index (χ4v) is 1.43. The third-order valence-electron chi connectivity index (χ3n) is 2.04. The minimum absolute atomic E-state index is 0.0394. The van der Waals surface area contributed by atoms with Crippen LogP contribution in [0.5, 0.6) is 0 Å². The van der Waals surface area contributed by atoms with Crippen LogP contribution in [-0.2, 0) is 12.5 Å². The molecule has 1 heterocycles. The highest BCUT2D eigenvalue weighted by molar-refractivity contribution is 5.89. The summed E-state index contributed by atoms with van der Waals surface area (Å²) in [7, 11) is 1.64. The Bertz CT molecular complexity index is 374. The van der Waals surface area contributed by atoms with Gasteiger partial charge in [-0.15, -0.1) is 0 Å². The van der Waals surface area contributed by atoms with Gasteiger partial charge in [0, 0.05) is 12.6 Å². The lowest BCUT2D eigenvalue weighted by atomic mass is 9.86. The molecule has 0 aromatic carbocycles. The number of carboxylic acids is 1. The van der Waals surface area contributed by atoms with E-state index in [-0.39, 0.29) is 11.1 Å². The average Bonchev–Trinajstić information content (AvgIpc) is 2.27. The van der Waals surface area contributed by atoms with Crippen molar-refractivity contribution < 1.29 is 9.90 Å². The van der Waals surface area contributed by atoms with Gasteiger partial charge in [-0.2, -0.15) is 5.10 Å². The van der Waals surface area contributed by atoms with Gasteiger partial charge in [0.2, 0.25) is 0 Å². The van der Waals surface area contributed by atoms with Gasteiger partial charge in [-0.05, 0) is 5.41 Å². The predicted molar refractivity (Wildman–Crippen MR) is 53.3 cm³/mol. The summed E-state index contributed by atoms with van der Waals surface area (Å²) < 4.78 is 1.39. The van der Waals surface area contributed by atoms with Gasteiger partial charge in [0.25, 0.3) is 0 Å². The van der Waals surface area contributed by atoms with Gasteiger partial charge in [-0.3, -0.25) is 4.68 Å². The molecule has 0 fully saturated rings. The number of carbonyl (C=O) groups is 1. The van der Waals surface area contributed by atoms with Gasteiger partial charge in [-0.1, -0.05) is 20.8 Å². The summed E-state index contributed by atoms with van der Waals surface area (Å²) in [6.07, 6.45) is 0. The molecule has 0 amide bonds. The first kappa shape index (κ1) is 10.6. The molecule has 0 saturated carbocycles. The zero-order valence-corrected chi connectivity index (χ0v) is 8.83. The monoisotopic (exact) mass is 197 g/mol. The molecule has 14 heavy (non-hydrogen) atoms. The van der Waals surface area contributed by atoms with Crippen molar-refractivity contribution in [3.05, 3.63) is 11.3 Å². The highest BCUT2D eigenvalue weighted by atomic mass is 16.4. The minimum Gasteiger partial charge on any atom is -0.476 e. The van der Waals surface area contributed by atoms with Gasteiger partial charge in [0.05, 0.1) is 0 Å². The number of anilines is 1. The Morgan fingerprint density at radius 2 is 2.00 bits per heavy atom. The second-order valence-corrected chi connectivity index (χ2v) is 4.29. The Morgan fingerprint density at radius 3 is 2.29 bits per heavy atom. The minimum atomic E-state index is -1.04. The molecule has 5 nitrogen and oxygen atoms in total. The summed E-state index contributed by atoms with van der Waals surface area (Å²) >= 11 is 0. The van der Waals surface area contributed by atoms with E-state index in [1.165, 1.54) is 4.68 Å². The van der Waals surface area contributed by atoms with Crippen LogP contribution in [0.1, 0.15) is 36.8 Å². The van der Waals surface area contributed by atoms with Crippen LogP contribution >= 0.6 is 0 Å². The van der Waals surface area contributed by atoms with Crippen LogP contribution in [0.25, 0.3) is 0 Å². The van der Waals surface area contributed by atoms with Crippen LogP contribution in [-0.4, -0.2) is 20.9 Å². The lowest BCUT2D eigenvalue weighted by Crippen LogP contribution is -2.17. The van der Waals surface area contributed by atoms with Gasteiger partial charge in [0.15, 0.2) is 5.69 Å². The number of hydrogen-bond acceptors (Lipinski definition) is 3. The van der Waals surface area contributed by atoms with Crippen molar-refractivity contribution in [3.63, 3.8) is 0 Å². The van der Waals surface area contributed by atoms with Crippen LogP contribution in [0.15, 0.2) is 0 Å². The van der Waals surface area contributed by atoms with E-state index in [0.29, 0.717) is 11.4 Å². The molecule has 0 atom stereocenters. The van der Waals surface area contributed by atoms with Crippen LogP contribution in [0.4, 0.5) is 5.82 Å². The third-order valence-corrected chi connectivity index (χ3v) is 2.04. The number of aryl methyl sites for hydroxylation is 1. The summed E-state index contributed by atoms with van der Waals surface area (Å²) in [6, 6.07) is 0. The standard InChI is InChI=1S/C9H15N3O2/c1-9(2,3)5-6(8(13)14)11-12(4)7(5)10/h10H2,1-4H3,(H,13,14). The molecule has 0 aliphatic rings. The Kier molecular flexibility index (Phi) is 2.27. The first-order valence-corrected chi connectivity index (χ1v) is 4.31. The molecule has 0 saturated heterocycles. The van der Waals surface area contributed by atoms with Crippen molar-refractivity contribution >= 4 is 11.8 Å². The van der Waals surface area contributed by atoms with Crippen molar-refractivity contribution in [3.8, 4) is 0 Å². The number of rotatable bonds is 1. The summed E-state index contributed by atoms with van der Waals surface area (Å²) in [5.41, 5.74) is 6.08. The third kappa shape index (κ3) is 1.57. The predicted octanol–water partition coefficient (Wildman–Crippen LogP) is 0.998. The molecule has 0 spiro atoms. The maximum atomic E-state index is 10.9. The second-order valence-electron chi connectivity index (χ2n) is 4.29. The van der Waals surface area contributed by atoms with Crippen molar-refractivity contribution in [1.82, 2.24) is 9.78 Å². The molecule has 0 bridgehead atoms. The largest absolute Gasteiger partial charge is 0.476 e. The molecule has 1 rings (SSSR count). The van der Waals surface area contributed by atoms with Gasteiger partial charge in [0.1, 0.15) is 5.82 Å². The van der Waals surface area contributed by atoms with Crippen LogP contribution in [0, 0.1) is 0 Å². The lowest BCUT2D eigenvalue weighted by molar-refractivity contribution is 0.0687. The molecule has 0 unspecified atom stereocenters. The number of aromatic carboxylic acids is 1. The van der Waals surface area contributed by atoms with Crippen LogP contribution in [0.3, 0.4) is 0 Å². The molecule has 78 valence electrons. The summed E-state index contributed by atoms with van der Waals surface area (Å²) in [6.45, 7) is 5.73. The number of hydrogen-bond donors (Lipinski definition) is 2. The Labute approximate surface area is 82.5 Å². The molecular formula is C9H15N3O2. The molecule has 5 heteroatoms. The van der Waals surface area contributed by atoms with Crippen molar-refractivity contribution in [2.45, 2.75) is 26.2 Å². The number of aromatic nitrogens is 2. The first-order chi connectivity index (χ1) is 6.25. The Balaban J connectivity index is 3.46. The second kappa shape index (κ2) is 3.01. The van der Waals surface area contributed by atoms with Crippen LogP contribution in [0.2, 0.25) is 0 Å². The van der Waals surface area contributed by atoms with E-state index in [0.717, 1.165) is 0 Å². The van der Waals surface area contributed by atoms with E-state index in [4.69, 9.17) is 10.8 Å². The highest BCUT2D eigenvalue weighted by Gasteiger charge is 2.28. The topological polar surface area (TPSA) is 81.1 Å². The van der Waals surface area contributed by atoms with Gasteiger partial charge in [-0.25, -0.2) is 4.79 Å². The van der Waals surface area contributed by atoms with Crippen LogP contribution < -0.4 is 5.73 Å². The summed E-state index contributed by atoms with van der Waals surface area (Å²) in [5.74, 6) is -0.628. The first-order valence-electron chi connectivity index (χ1n) is 4.31. The van der Waals surface area contributed by atoms with Crippen molar-refractivity contribution in [1.29, 1.82) is 0 Å².